The molecule has 0 unspecified atom stereocenters. The van der Waals surface area contributed by atoms with Crippen molar-refractivity contribution in [3.63, 3.8) is 0 Å². The fraction of sp³-hybridized carbons (Fsp3) is 0.286. The van der Waals surface area contributed by atoms with Gasteiger partial charge in [-0.2, -0.15) is 11.8 Å². The molecule has 6 heteroatoms. The maximum absolute atomic E-state index is 4.72. The first-order chi connectivity index (χ1) is 13.4. The largest absolute Gasteiger partial charge is 0.334 e. The van der Waals surface area contributed by atoms with Crippen LogP contribution in [-0.2, 0) is 19.5 Å². The number of hydrogen-bond acceptors (Lipinski definition) is 4. The van der Waals surface area contributed by atoms with Crippen LogP contribution in [0.1, 0.15) is 12.1 Å². The van der Waals surface area contributed by atoms with E-state index in [1.54, 1.807) is 0 Å². The maximum atomic E-state index is 4.72. The highest BCUT2D eigenvalue weighted by Gasteiger charge is 2.12. The highest BCUT2D eigenvalue weighted by atomic mass is 32.2. The number of thioether (sulfide) groups is 1. The molecule has 138 valence electrons. The number of hydrogen-bond donors (Lipinski definition) is 0. The van der Waals surface area contributed by atoms with Crippen molar-refractivity contribution in [3.8, 4) is 11.3 Å². The fourth-order valence-corrected chi connectivity index (χ4v) is 3.77. The zero-order valence-electron chi connectivity index (χ0n) is 15.5. The molecule has 5 nitrogen and oxygen atoms in total. The minimum atomic E-state index is 0.849. The normalized spacial score (nSPS) is 11.3. The lowest BCUT2D eigenvalue weighted by Gasteiger charge is -2.10. The Hall–Kier alpha value is -2.60. The van der Waals surface area contributed by atoms with Gasteiger partial charge in [-0.1, -0.05) is 47.7 Å². The SMILES string of the molecule is CSCCc1c(-c2ccccc2)ncn1CCCn1nnc2ccccc21. The van der Waals surface area contributed by atoms with E-state index in [9.17, 15) is 0 Å². The number of fused-ring (bicyclic) bond motifs is 1. The summed E-state index contributed by atoms with van der Waals surface area (Å²) in [5, 5.41) is 8.53. The quantitative estimate of drug-likeness (QED) is 0.460. The Morgan fingerprint density at radius 1 is 0.963 bits per heavy atom. The smallest absolute Gasteiger partial charge is 0.113 e. The average Bonchev–Trinajstić information content (AvgIpc) is 3.31. The number of aromatic nitrogens is 5. The minimum Gasteiger partial charge on any atom is -0.334 e. The molecule has 0 radical (unpaired) electrons. The number of benzene rings is 2. The highest BCUT2D eigenvalue weighted by Crippen LogP contribution is 2.23. The molecule has 0 aliphatic heterocycles. The van der Waals surface area contributed by atoms with Crippen molar-refractivity contribution < 1.29 is 0 Å². The Bertz CT molecular complexity index is 1010. The van der Waals surface area contributed by atoms with Crippen LogP contribution in [-0.4, -0.2) is 36.6 Å². The van der Waals surface area contributed by atoms with Gasteiger partial charge in [0.2, 0.25) is 0 Å². The Kier molecular flexibility index (Phi) is 5.53. The molecule has 0 atom stereocenters. The first kappa shape index (κ1) is 17.8. The summed E-state index contributed by atoms with van der Waals surface area (Å²) in [5.41, 5.74) is 5.66. The van der Waals surface area contributed by atoms with Crippen molar-refractivity contribution >= 4 is 22.8 Å². The Morgan fingerprint density at radius 3 is 2.63 bits per heavy atom. The number of nitrogens with zero attached hydrogens (tertiary/aromatic N) is 5. The molecule has 0 amide bonds. The van der Waals surface area contributed by atoms with Crippen LogP contribution in [0.5, 0.6) is 0 Å². The van der Waals surface area contributed by atoms with E-state index in [0.717, 1.165) is 48.4 Å². The van der Waals surface area contributed by atoms with Crippen LogP contribution in [0.3, 0.4) is 0 Å². The van der Waals surface area contributed by atoms with Gasteiger partial charge in [-0.3, -0.25) is 0 Å². The van der Waals surface area contributed by atoms with E-state index in [1.807, 2.05) is 47.0 Å². The van der Waals surface area contributed by atoms with E-state index >= 15 is 0 Å². The molecular formula is C21H23N5S. The second kappa shape index (κ2) is 8.39. The molecule has 2 aromatic heterocycles. The van der Waals surface area contributed by atoms with Gasteiger partial charge in [0.1, 0.15) is 5.52 Å². The summed E-state index contributed by atoms with van der Waals surface area (Å²) in [6.07, 6.45) is 6.15. The average molecular weight is 378 g/mol. The van der Waals surface area contributed by atoms with Crippen LogP contribution < -0.4 is 0 Å². The third-order valence-electron chi connectivity index (χ3n) is 4.73. The zero-order chi connectivity index (χ0) is 18.5. The first-order valence-electron chi connectivity index (χ1n) is 9.23. The van der Waals surface area contributed by atoms with E-state index in [0.29, 0.717) is 0 Å². The number of imidazole rings is 1. The van der Waals surface area contributed by atoms with Crippen LogP contribution in [0.15, 0.2) is 60.9 Å². The Balaban J connectivity index is 1.50. The van der Waals surface area contributed by atoms with Crippen LogP contribution in [0, 0.1) is 0 Å². The van der Waals surface area contributed by atoms with Gasteiger partial charge in [0.25, 0.3) is 0 Å². The first-order valence-corrected chi connectivity index (χ1v) is 10.6. The van der Waals surface area contributed by atoms with Crippen molar-refractivity contribution in [2.45, 2.75) is 25.9 Å². The molecule has 0 bridgehead atoms. The van der Waals surface area contributed by atoms with Gasteiger partial charge in [-0.25, -0.2) is 9.67 Å². The van der Waals surface area contributed by atoms with Crippen LogP contribution in [0.25, 0.3) is 22.3 Å². The minimum absolute atomic E-state index is 0.849. The van der Waals surface area contributed by atoms with E-state index < -0.39 is 0 Å². The van der Waals surface area contributed by atoms with E-state index in [1.165, 1.54) is 11.3 Å². The lowest BCUT2D eigenvalue weighted by molar-refractivity contribution is 0.518. The lowest BCUT2D eigenvalue weighted by atomic mass is 10.1. The summed E-state index contributed by atoms with van der Waals surface area (Å²) in [4.78, 5) is 4.72. The summed E-state index contributed by atoms with van der Waals surface area (Å²) in [5.74, 6) is 1.10. The topological polar surface area (TPSA) is 48.5 Å². The summed E-state index contributed by atoms with van der Waals surface area (Å²) in [6, 6.07) is 18.6. The predicted molar refractivity (Wildman–Crippen MR) is 112 cm³/mol. The van der Waals surface area contributed by atoms with Crippen molar-refractivity contribution in [1.29, 1.82) is 0 Å². The van der Waals surface area contributed by atoms with Gasteiger partial charge in [0, 0.05) is 24.3 Å². The fourth-order valence-electron chi connectivity index (χ4n) is 3.37. The van der Waals surface area contributed by atoms with E-state index in [4.69, 9.17) is 4.98 Å². The standard InChI is InChI=1S/C21H23N5S/c1-27-15-12-20-21(17-8-3-2-4-9-17)22-16-25(20)13-7-14-26-19-11-6-5-10-18(19)23-24-26/h2-6,8-11,16H,7,12-15H2,1H3. The molecule has 0 saturated carbocycles. The number of rotatable bonds is 8. The highest BCUT2D eigenvalue weighted by molar-refractivity contribution is 7.98. The number of aryl methyl sites for hydroxylation is 2. The molecule has 0 fully saturated rings. The monoisotopic (exact) mass is 377 g/mol. The van der Waals surface area contributed by atoms with Gasteiger partial charge >= 0.3 is 0 Å². The van der Waals surface area contributed by atoms with Gasteiger partial charge in [0.15, 0.2) is 0 Å². The molecule has 2 heterocycles. The number of para-hydroxylation sites is 1. The molecule has 0 aliphatic rings. The second-order valence-electron chi connectivity index (χ2n) is 6.50. The van der Waals surface area contributed by atoms with Gasteiger partial charge in [-0.15, -0.1) is 5.10 Å². The van der Waals surface area contributed by atoms with Crippen LogP contribution >= 0.6 is 11.8 Å². The molecular weight excluding hydrogens is 354 g/mol. The lowest BCUT2D eigenvalue weighted by Crippen LogP contribution is -2.08. The molecule has 2 aromatic carbocycles. The second-order valence-corrected chi connectivity index (χ2v) is 7.48. The molecule has 4 rings (SSSR count). The van der Waals surface area contributed by atoms with Crippen molar-refractivity contribution in [2.24, 2.45) is 0 Å². The van der Waals surface area contributed by atoms with E-state index in [-0.39, 0.29) is 0 Å². The van der Waals surface area contributed by atoms with Crippen LogP contribution in [0.4, 0.5) is 0 Å². The summed E-state index contributed by atoms with van der Waals surface area (Å²) >= 11 is 1.87. The summed E-state index contributed by atoms with van der Waals surface area (Å²) < 4.78 is 4.30. The molecule has 0 spiro atoms. The third-order valence-corrected chi connectivity index (χ3v) is 5.34. The predicted octanol–water partition coefficient (Wildman–Crippen LogP) is 4.29. The molecule has 0 aliphatic carbocycles. The van der Waals surface area contributed by atoms with Crippen LogP contribution in [0.2, 0.25) is 0 Å². The maximum Gasteiger partial charge on any atom is 0.113 e. The summed E-state index contributed by atoms with van der Waals surface area (Å²) in [6.45, 7) is 1.78. The molecule has 0 N–H and O–H groups in total. The third kappa shape index (κ3) is 3.90. The van der Waals surface area contributed by atoms with Gasteiger partial charge in [0.05, 0.1) is 17.5 Å². The molecule has 0 saturated heterocycles. The molecule has 27 heavy (non-hydrogen) atoms. The Morgan fingerprint density at radius 2 is 1.78 bits per heavy atom. The van der Waals surface area contributed by atoms with Crippen molar-refractivity contribution in [1.82, 2.24) is 24.5 Å². The van der Waals surface area contributed by atoms with Gasteiger partial charge in [-0.05, 0) is 37.0 Å². The van der Waals surface area contributed by atoms with Gasteiger partial charge < -0.3 is 4.57 Å². The zero-order valence-corrected chi connectivity index (χ0v) is 16.3. The molecule has 4 aromatic rings. The van der Waals surface area contributed by atoms with Crippen molar-refractivity contribution in [2.75, 3.05) is 12.0 Å². The Labute approximate surface area is 163 Å². The van der Waals surface area contributed by atoms with E-state index in [2.05, 4.69) is 51.5 Å². The van der Waals surface area contributed by atoms with Crippen molar-refractivity contribution in [3.05, 3.63) is 66.6 Å². The summed E-state index contributed by atoms with van der Waals surface area (Å²) in [7, 11) is 0.